The first-order valence-electron chi connectivity index (χ1n) is 4.83. The molecule has 1 aliphatic heterocycles. The van der Waals surface area contributed by atoms with Crippen LogP contribution in [0.2, 0.25) is 0 Å². The molecule has 0 spiro atoms. The van der Waals surface area contributed by atoms with Gasteiger partial charge in [0.25, 0.3) is 0 Å². The van der Waals surface area contributed by atoms with Gasteiger partial charge in [-0.1, -0.05) is 30.1 Å². The Kier molecular flexibility index (Phi) is 4.90. The van der Waals surface area contributed by atoms with Crippen molar-refractivity contribution in [1.82, 2.24) is 4.90 Å². The first-order chi connectivity index (χ1) is 7.08. The summed E-state index contributed by atoms with van der Waals surface area (Å²) in [5.41, 5.74) is 1.36. The lowest BCUT2D eigenvalue weighted by molar-refractivity contribution is -0.146. The van der Waals surface area contributed by atoms with E-state index in [-0.39, 0.29) is 11.9 Å². The zero-order chi connectivity index (χ0) is 11.4. The molecule has 0 N–H and O–H groups in total. The van der Waals surface area contributed by atoms with E-state index in [0.717, 1.165) is 6.54 Å². The van der Waals surface area contributed by atoms with Crippen LogP contribution in [0, 0.1) is 11.8 Å². The highest BCUT2D eigenvalue weighted by molar-refractivity contribution is 6.36. The second-order valence-electron chi connectivity index (χ2n) is 3.86. The second kappa shape index (κ2) is 5.73. The van der Waals surface area contributed by atoms with E-state index < -0.39 is 0 Å². The summed E-state index contributed by atoms with van der Waals surface area (Å²) in [6.45, 7) is 4.18. The molecule has 2 unspecified atom stereocenters. The van der Waals surface area contributed by atoms with Gasteiger partial charge < -0.3 is 4.74 Å². The van der Waals surface area contributed by atoms with Gasteiger partial charge in [0.05, 0.1) is 13.0 Å². The maximum Gasteiger partial charge on any atom is 0.310 e. The quantitative estimate of drug-likeness (QED) is 0.720. The molecule has 1 heterocycles. The smallest absolute Gasteiger partial charge is 0.310 e. The minimum absolute atomic E-state index is 0.0465. The van der Waals surface area contributed by atoms with Crippen LogP contribution in [0.25, 0.3) is 0 Å². The molecule has 0 saturated carbocycles. The Hall–Kier alpha value is -0.250. The molecule has 1 rings (SSSR count). The monoisotopic (exact) mass is 251 g/mol. The van der Waals surface area contributed by atoms with Gasteiger partial charge in [0.2, 0.25) is 0 Å². The number of halogens is 2. The highest BCUT2D eigenvalue weighted by Gasteiger charge is 2.35. The molecule has 1 fully saturated rings. The fourth-order valence-electron chi connectivity index (χ4n) is 1.90. The fraction of sp³-hybridized carbons (Fsp3) is 0.700. The standard InChI is InChI=1S/C10H15Cl2NO2/c1-7-4-13(5-8(12)3-11)6-9(7)10(14)15-2/h3,7,9H,4-6H2,1-2H3. The number of ether oxygens (including phenoxy) is 1. The first kappa shape index (κ1) is 12.8. The van der Waals surface area contributed by atoms with Crippen LogP contribution >= 0.6 is 23.2 Å². The molecule has 0 aromatic heterocycles. The Labute approximate surface area is 100.0 Å². The van der Waals surface area contributed by atoms with E-state index in [9.17, 15) is 4.79 Å². The lowest BCUT2D eigenvalue weighted by Crippen LogP contribution is -2.25. The molecule has 0 bridgehead atoms. The number of nitrogens with zero attached hydrogens (tertiary/aromatic N) is 1. The topological polar surface area (TPSA) is 29.5 Å². The maximum atomic E-state index is 11.4. The molecule has 5 heteroatoms. The summed E-state index contributed by atoms with van der Waals surface area (Å²) in [5, 5.41) is 0.592. The van der Waals surface area contributed by atoms with Crippen LogP contribution in [0.1, 0.15) is 6.92 Å². The number of esters is 1. The van der Waals surface area contributed by atoms with Gasteiger partial charge in [0.15, 0.2) is 0 Å². The van der Waals surface area contributed by atoms with Crippen molar-refractivity contribution in [3.05, 3.63) is 10.6 Å². The van der Waals surface area contributed by atoms with Crippen LogP contribution in [0.5, 0.6) is 0 Å². The molecule has 0 aromatic carbocycles. The third-order valence-corrected chi connectivity index (χ3v) is 3.29. The van der Waals surface area contributed by atoms with Crippen molar-refractivity contribution in [2.75, 3.05) is 26.7 Å². The summed E-state index contributed by atoms with van der Waals surface area (Å²) < 4.78 is 4.74. The third-order valence-electron chi connectivity index (χ3n) is 2.68. The molecule has 86 valence electrons. The molecular formula is C10H15Cl2NO2. The lowest BCUT2D eigenvalue weighted by Gasteiger charge is -2.13. The van der Waals surface area contributed by atoms with Gasteiger partial charge in [-0.3, -0.25) is 9.69 Å². The molecule has 1 saturated heterocycles. The van der Waals surface area contributed by atoms with Gasteiger partial charge in [0.1, 0.15) is 0 Å². The SMILES string of the molecule is COC(=O)C1CN(CC(Cl)=CCl)CC1C. The van der Waals surface area contributed by atoms with E-state index in [1.165, 1.54) is 12.6 Å². The van der Waals surface area contributed by atoms with Crippen molar-refractivity contribution in [3.8, 4) is 0 Å². The van der Waals surface area contributed by atoms with Crippen molar-refractivity contribution < 1.29 is 9.53 Å². The Morgan fingerprint density at radius 2 is 2.27 bits per heavy atom. The molecule has 0 radical (unpaired) electrons. The van der Waals surface area contributed by atoms with Gasteiger partial charge in [-0.15, -0.1) is 0 Å². The number of hydrogen-bond acceptors (Lipinski definition) is 3. The van der Waals surface area contributed by atoms with Crippen LogP contribution in [0.3, 0.4) is 0 Å². The Morgan fingerprint density at radius 3 is 2.80 bits per heavy atom. The zero-order valence-corrected chi connectivity index (χ0v) is 10.4. The Bertz CT molecular complexity index is 268. The minimum Gasteiger partial charge on any atom is -0.469 e. The van der Waals surface area contributed by atoms with Crippen molar-refractivity contribution >= 4 is 29.2 Å². The van der Waals surface area contributed by atoms with Crippen LogP contribution < -0.4 is 0 Å². The predicted octanol–water partition coefficient (Wildman–Crippen LogP) is 2.05. The van der Waals surface area contributed by atoms with Gasteiger partial charge in [-0.25, -0.2) is 0 Å². The fourth-order valence-corrected chi connectivity index (χ4v) is 2.14. The molecule has 3 nitrogen and oxygen atoms in total. The molecule has 1 aliphatic rings. The van der Waals surface area contributed by atoms with Crippen molar-refractivity contribution in [3.63, 3.8) is 0 Å². The van der Waals surface area contributed by atoms with E-state index in [1.807, 2.05) is 6.92 Å². The number of rotatable bonds is 3. The van der Waals surface area contributed by atoms with E-state index in [4.69, 9.17) is 27.9 Å². The molecule has 15 heavy (non-hydrogen) atoms. The van der Waals surface area contributed by atoms with E-state index in [2.05, 4.69) is 4.90 Å². The molecule has 0 aliphatic carbocycles. The number of hydrogen-bond donors (Lipinski definition) is 0. The maximum absolute atomic E-state index is 11.4. The predicted molar refractivity (Wildman–Crippen MR) is 60.9 cm³/mol. The molecule has 0 aromatic rings. The van der Waals surface area contributed by atoms with Crippen LogP contribution in [0.15, 0.2) is 10.6 Å². The van der Waals surface area contributed by atoms with Crippen molar-refractivity contribution in [2.24, 2.45) is 11.8 Å². The molecule has 0 amide bonds. The number of methoxy groups -OCH3 is 1. The van der Waals surface area contributed by atoms with Crippen molar-refractivity contribution in [2.45, 2.75) is 6.92 Å². The second-order valence-corrected chi connectivity index (χ2v) is 4.56. The van der Waals surface area contributed by atoms with E-state index in [1.54, 1.807) is 0 Å². The van der Waals surface area contributed by atoms with E-state index >= 15 is 0 Å². The van der Waals surface area contributed by atoms with E-state index in [0.29, 0.717) is 24.0 Å². The van der Waals surface area contributed by atoms with Gasteiger partial charge in [-0.2, -0.15) is 0 Å². The first-order valence-corrected chi connectivity index (χ1v) is 5.64. The van der Waals surface area contributed by atoms with Gasteiger partial charge >= 0.3 is 5.97 Å². The normalized spacial score (nSPS) is 28.1. The molecular weight excluding hydrogens is 237 g/mol. The lowest BCUT2D eigenvalue weighted by atomic mass is 9.99. The van der Waals surface area contributed by atoms with Crippen LogP contribution in [0.4, 0.5) is 0 Å². The van der Waals surface area contributed by atoms with Gasteiger partial charge in [0, 0.05) is 30.2 Å². The van der Waals surface area contributed by atoms with Crippen molar-refractivity contribution in [1.29, 1.82) is 0 Å². The molecule has 2 atom stereocenters. The number of carbonyl (C=O) groups excluding carboxylic acids is 1. The summed E-state index contributed by atoms with van der Waals surface area (Å²) in [6, 6.07) is 0. The van der Waals surface area contributed by atoms with Crippen LogP contribution in [-0.2, 0) is 9.53 Å². The zero-order valence-electron chi connectivity index (χ0n) is 8.87. The summed E-state index contributed by atoms with van der Waals surface area (Å²) in [4.78, 5) is 13.5. The largest absolute Gasteiger partial charge is 0.469 e. The Morgan fingerprint density at radius 1 is 1.60 bits per heavy atom. The number of carbonyl (C=O) groups is 1. The summed E-state index contributed by atoms with van der Waals surface area (Å²) in [7, 11) is 1.42. The number of likely N-dealkylation sites (tertiary alicyclic amines) is 1. The third kappa shape index (κ3) is 3.37. The summed E-state index contributed by atoms with van der Waals surface area (Å²) >= 11 is 11.3. The Balaban J connectivity index is 2.52. The minimum atomic E-state index is -0.143. The average Bonchev–Trinajstić information content (AvgIpc) is 2.58. The summed E-state index contributed by atoms with van der Waals surface area (Å²) in [6.07, 6.45) is 0. The average molecular weight is 252 g/mol. The van der Waals surface area contributed by atoms with Crippen LogP contribution in [-0.4, -0.2) is 37.6 Å². The highest BCUT2D eigenvalue weighted by Crippen LogP contribution is 2.25. The summed E-state index contributed by atoms with van der Waals surface area (Å²) in [5.74, 6) is 0.114. The highest BCUT2D eigenvalue weighted by atomic mass is 35.5. The van der Waals surface area contributed by atoms with Gasteiger partial charge in [-0.05, 0) is 5.92 Å².